The molecule has 0 saturated carbocycles. The van der Waals surface area contributed by atoms with Crippen LogP contribution < -0.4 is 5.32 Å². The minimum atomic E-state index is -4.62. The number of halogens is 4. The largest absolute Gasteiger partial charge is 0.420 e. The topological polar surface area (TPSA) is 84.3 Å². The quantitative estimate of drug-likeness (QED) is 0.618. The number of alkyl halides is 3. The summed E-state index contributed by atoms with van der Waals surface area (Å²) >= 11 is 5.50. The molecule has 124 valence electrons. The van der Waals surface area contributed by atoms with Crippen LogP contribution in [0.1, 0.15) is 11.1 Å². The lowest BCUT2D eigenvalue weighted by atomic mass is 10.2. The Kier molecular flexibility index (Phi) is 5.59. The first-order valence-electron chi connectivity index (χ1n) is 6.07. The number of nitrogens with zero attached hydrogens (tertiary/aromatic N) is 2. The molecule has 0 radical (unpaired) electrons. The highest BCUT2D eigenvalue weighted by atomic mass is 35.5. The maximum atomic E-state index is 12.5. The van der Waals surface area contributed by atoms with Gasteiger partial charge in [0.05, 0.1) is 6.61 Å². The zero-order chi connectivity index (χ0) is 17.0. The van der Waals surface area contributed by atoms with Gasteiger partial charge in [-0.3, -0.25) is 4.57 Å². The summed E-state index contributed by atoms with van der Waals surface area (Å²) in [5.74, 6) is -0.0904. The molecule has 2 rings (SSSR count). The van der Waals surface area contributed by atoms with E-state index in [4.69, 9.17) is 16.5 Å². The summed E-state index contributed by atoms with van der Waals surface area (Å²) in [6.45, 7) is -0.0306. The molecular weight excluding hydrogens is 358 g/mol. The van der Waals surface area contributed by atoms with E-state index in [9.17, 15) is 17.7 Å². The predicted molar refractivity (Wildman–Crippen MR) is 77.8 cm³/mol. The summed E-state index contributed by atoms with van der Waals surface area (Å²) in [6.07, 6.45) is -4.02. The molecule has 2 N–H and O–H groups in total. The molecule has 11 heteroatoms. The second-order valence-electron chi connectivity index (χ2n) is 4.27. The molecule has 0 saturated heterocycles. The molecule has 23 heavy (non-hydrogen) atoms. The van der Waals surface area contributed by atoms with Crippen molar-refractivity contribution in [1.82, 2.24) is 9.97 Å². The van der Waals surface area contributed by atoms with Crippen LogP contribution in [-0.4, -0.2) is 14.9 Å². The summed E-state index contributed by atoms with van der Waals surface area (Å²) in [6, 6.07) is 6.39. The molecule has 0 spiro atoms. The van der Waals surface area contributed by atoms with Gasteiger partial charge in [0.25, 0.3) is 0 Å². The molecule has 0 fully saturated rings. The van der Waals surface area contributed by atoms with Crippen LogP contribution in [-0.2, 0) is 21.9 Å². The van der Waals surface area contributed by atoms with Gasteiger partial charge in [-0.05, 0) is 17.7 Å². The van der Waals surface area contributed by atoms with Crippen LogP contribution in [0.3, 0.4) is 0 Å². The standard InChI is InChI=1S/C12H10ClF3N3O3P/c13-10-9(12(14,15)16)5-17-11(19-10)18-8-3-1-7(2-4-8)6-22-23(20)21/h1-5,23H,6H2,(H,20,21)(H,17,18,19). The van der Waals surface area contributed by atoms with Crippen LogP contribution in [0.15, 0.2) is 30.5 Å². The van der Waals surface area contributed by atoms with Crippen LogP contribution in [0.5, 0.6) is 0 Å². The van der Waals surface area contributed by atoms with Gasteiger partial charge in [0.15, 0.2) is 0 Å². The molecule has 6 nitrogen and oxygen atoms in total. The summed E-state index contributed by atoms with van der Waals surface area (Å²) in [7, 11) is -3.00. The first-order chi connectivity index (χ1) is 10.8. The smallest absolute Gasteiger partial charge is 0.326 e. The molecule has 2 aromatic rings. The van der Waals surface area contributed by atoms with Gasteiger partial charge in [0.2, 0.25) is 5.95 Å². The van der Waals surface area contributed by atoms with E-state index >= 15 is 0 Å². The zero-order valence-corrected chi connectivity index (χ0v) is 13.0. The zero-order valence-electron chi connectivity index (χ0n) is 11.3. The van der Waals surface area contributed by atoms with Crippen molar-refractivity contribution in [3.05, 3.63) is 46.7 Å². The maximum absolute atomic E-state index is 12.5. The summed E-state index contributed by atoms with van der Waals surface area (Å²) in [5, 5.41) is 2.00. The van der Waals surface area contributed by atoms with Crippen molar-refractivity contribution in [3.63, 3.8) is 0 Å². The van der Waals surface area contributed by atoms with Gasteiger partial charge in [-0.2, -0.15) is 13.2 Å². The van der Waals surface area contributed by atoms with Gasteiger partial charge in [-0.1, -0.05) is 23.7 Å². The third-order valence-corrected chi connectivity index (χ3v) is 3.30. The van der Waals surface area contributed by atoms with Crippen molar-refractivity contribution in [2.45, 2.75) is 12.8 Å². The van der Waals surface area contributed by atoms with E-state index in [1.54, 1.807) is 24.3 Å². The molecule has 1 aromatic heterocycles. The molecule has 1 atom stereocenters. The molecule has 0 aliphatic rings. The van der Waals surface area contributed by atoms with Gasteiger partial charge >= 0.3 is 14.4 Å². The molecule has 0 amide bonds. The van der Waals surface area contributed by atoms with Gasteiger partial charge < -0.3 is 14.7 Å². The van der Waals surface area contributed by atoms with Crippen molar-refractivity contribution in [2.24, 2.45) is 0 Å². The van der Waals surface area contributed by atoms with Gasteiger partial charge in [-0.15, -0.1) is 0 Å². The van der Waals surface area contributed by atoms with Crippen molar-refractivity contribution in [2.75, 3.05) is 5.32 Å². The van der Waals surface area contributed by atoms with Gasteiger partial charge in [0.1, 0.15) is 10.7 Å². The van der Waals surface area contributed by atoms with E-state index in [-0.39, 0.29) is 12.6 Å². The summed E-state index contributed by atoms with van der Waals surface area (Å²) in [4.78, 5) is 15.7. The number of nitrogens with one attached hydrogen (secondary N) is 1. The lowest BCUT2D eigenvalue weighted by Gasteiger charge is -2.10. The van der Waals surface area contributed by atoms with Crippen LogP contribution in [0.4, 0.5) is 24.8 Å². The summed E-state index contributed by atoms with van der Waals surface area (Å²) in [5.41, 5.74) is 0.0342. The Morgan fingerprint density at radius 1 is 1.30 bits per heavy atom. The Morgan fingerprint density at radius 3 is 2.48 bits per heavy atom. The van der Waals surface area contributed by atoms with Crippen LogP contribution in [0.2, 0.25) is 5.15 Å². The number of hydrogen-bond acceptors (Lipinski definition) is 5. The fourth-order valence-electron chi connectivity index (χ4n) is 1.57. The Balaban J connectivity index is 2.07. The second-order valence-corrected chi connectivity index (χ2v) is 5.45. The lowest BCUT2D eigenvalue weighted by Crippen LogP contribution is -2.09. The second kappa shape index (κ2) is 7.27. The maximum Gasteiger partial charge on any atom is 0.420 e. The first kappa shape index (κ1) is 17.7. The van der Waals surface area contributed by atoms with E-state index in [0.29, 0.717) is 17.4 Å². The number of rotatable bonds is 5. The predicted octanol–water partition coefficient (Wildman–Crippen LogP) is 3.79. The number of aromatic nitrogens is 2. The Bertz CT molecular complexity index is 713. The minimum absolute atomic E-state index is 0.0306. The summed E-state index contributed by atoms with van der Waals surface area (Å²) < 4.78 is 52.7. The van der Waals surface area contributed by atoms with Crippen molar-refractivity contribution >= 4 is 31.5 Å². The third kappa shape index (κ3) is 5.18. The monoisotopic (exact) mass is 367 g/mol. The fraction of sp³-hybridized carbons (Fsp3) is 0.167. The number of anilines is 2. The highest BCUT2D eigenvalue weighted by molar-refractivity contribution is 7.32. The Hall–Kier alpha value is -1.67. The van der Waals surface area contributed by atoms with Gasteiger partial charge in [0, 0.05) is 11.9 Å². The highest BCUT2D eigenvalue weighted by Crippen LogP contribution is 2.33. The van der Waals surface area contributed by atoms with Crippen molar-refractivity contribution in [1.29, 1.82) is 0 Å². The average Bonchev–Trinajstić information content (AvgIpc) is 2.45. The van der Waals surface area contributed by atoms with E-state index in [1.807, 2.05) is 0 Å². The Labute approximate surface area is 134 Å². The van der Waals surface area contributed by atoms with E-state index < -0.39 is 25.1 Å². The molecular formula is C12H10ClF3N3O3P. The molecule has 1 unspecified atom stereocenters. The minimum Gasteiger partial charge on any atom is -0.326 e. The highest BCUT2D eigenvalue weighted by Gasteiger charge is 2.34. The number of benzene rings is 1. The molecule has 1 aromatic carbocycles. The normalized spacial score (nSPS) is 12.9. The molecule has 0 aliphatic carbocycles. The van der Waals surface area contributed by atoms with E-state index in [2.05, 4.69) is 19.8 Å². The molecule has 1 heterocycles. The average molecular weight is 368 g/mol. The van der Waals surface area contributed by atoms with Crippen LogP contribution in [0.25, 0.3) is 0 Å². The van der Waals surface area contributed by atoms with E-state index in [1.165, 1.54) is 0 Å². The molecule has 0 bridgehead atoms. The van der Waals surface area contributed by atoms with Crippen molar-refractivity contribution in [3.8, 4) is 0 Å². The number of hydrogen-bond donors (Lipinski definition) is 2. The van der Waals surface area contributed by atoms with Crippen molar-refractivity contribution < 1.29 is 27.2 Å². The Morgan fingerprint density at radius 2 is 1.96 bits per heavy atom. The fourth-order valence-corrected chi connectivity index (χ4v) is 2.10. The SMILES string of the molecule is O=[PH](O)OCc1ccc(Nc2ncc(C(F)(F)F)c(Cl)n2)cc1. The van der Waals surface area contributed by atoms with Crippen LogP contribution in [0, 0.1) is 0 Å². The third-order valence-electron chi connectivity index (χ3n) is 2.62. The van der Waals surface area contributed by atoms with E-state index in [0.717, 1.165) is 0 Å². The first-order valence-corrected chi connectivity index (χ1v) is 7.71. The lowest BCUT2D eigenvalue weighted by molar-refractivity contribution is -0.137. The van der Waals surface area contributed by atoms with Crippen LogP contribution >= 0.6 is 19.9 Å². The molecule has 0 aliphatic heterocycles. The van der Waals surface area contributed by atoms with Gasteiger partial charge in [-0.25, -0.2) is 9.97 Å².